The minimum absolute atomic E-state index is 0.0414. The van der Waals surface area contributed by atoms with Crippen molar-refractivity contribution in [1.29, 1.82) is 0 Å². The highest BCUT2D eigenvalue weighted by Gasteiger charge is 2.14. The molecule has 1 radical (unpaired) electrons. The summed E-state index contributed by atoms with van der Waals surface area (Å²) < 4.78 is 25.8. The summed E-state index contributed by atoms with van der Waals surface area (Å²) in [5.74, 6) is 0.0414. The van der Waals surface area contributed by atoms with Gasteiger partial charge >= 0.3 is 0 Å². The second kappa shape index (κ2) is 4.28. The van der Waals surface area contributed by atoms with E-state index in [2.05, 4.69) is 20.8 Å². The number of sulfonamides is 1. The first-order valence-electron chi connectivity index (χ1n) is 4.45. The van der Waals surface area contributed by atoms with E-state index < -0.39 is 10.0 Å². The third-order valence-corrected chi connectivity index (χ3v) is 3.05. The Morgan fingerprint density at radius 1 is 1.12 bits per heavy atom. The molecular formula is C10H8N3O2S. The van der Waals surface area contributed by atoms with Gasteiger partial charge in [0.1, 0.15) is 0 Å². The van der Waals surface area contributed by atoms with Crippen LogP contribution in [0.3, 0.4) is 0 Å². The molecule has 5 nitrogen and oxygen atoms in total. The lowest BCUT2D eigenvalue weighted by Gasteiger charge is -2.04. The van der Waals surface area contributed by atoms with Gasteiger partial charge in [0.05, 0.1) is 4.90 Å². The zero-order valence-electron chi connectivity index (χ0n) is 8.16. The number of rotatable bonds is 3. The molecule has 0 atom stereocenters. The van der Waals surface area contributed by atoms with E-state index in [9.17, 15) is 8.42 Å². The first-order valence-corrected chi connectivity index (χ1v) is 5.93. The minimum atomic E-state index is -3.64. The topological polar surface area (TPSA) is 72.0 Å². The summed E-state index contributed by atoms with van der Waals surface area (Å²) in [6.45, 7) is 0. The lowest BCUT2D eigenvalue weighted by molar-refractivity contribution is 0.600. The highest BCUT2D eigenvalue weighted by molar-refractivity contribution is 7.92. The highest BCUT2D eigenvalue weighted by atomic mass is 32.2. The van der Waals surface area contributed by atoms with Crippen LogP contribution in [0.15, 0.2) is 47.6 Å². The lowest BCUT2D eigenvalue weighted by atomic mass is 10.4. The van der Waals surface area contributed by atoms with Crippen LogP contribution >= 0.6 is 0 Å². The van der Waals surface area contributed by atoms with E-state index in [4.69, 9.17) is 0 Å². The van der Waals surface area contributed by atoms with Crippen molar-refractivity contribution in [3.63, 3.8) is 0 Å². The summed E-state index contributed by atoms with van der Waals surface area (Å²) in [5.41, 5.74) is 0. The highest BCUT2D eigenvalue weighted by Crippen LogP contribution is 2.10. The van der Waals surface area contributed by atoms with E-state index in [1.165, 1.54) is 24.5 Å². The summed E-state index contributed by atoms with van der Waals surface area (Å²) in [6.07, 6.45) is 2.92. The van der Waals surface area contributed by atoms with E-state index in [-0.39, 0.29) is 10.8 Å². The van der Waals surface area contributed by atoms with Crippen LogP contribution in [0, 0.1) is 6.07 Å². The SMILES string of the molecule is O=S(=O)(Nc1ncccn1)c1[c]cccc1. The van der Waals surface area contributed by atoms with Crippen molar-refractivity contribution in [2.24, 2.45) is 0 Å². The maximum Gasteiger partial charge on any atom is 0.264 e. The van der Waals surface area contributed by atoms with Gasteiger partial charge in [0.2, 0.25) is 5.95 Å². The van der Waals surface area contributed by atoms with Gasteiger partial charge in [-0.3, -0.25) is 0 Å². The Balaban J connectivity index is 2.29. The minimum Gasteiger partial charge on any atom is -0.247 e. The third-order valence-electron chi connectivity index (χ3n) is 1.76. The number of nitrogens with zero attached hydrogens (tertiary/aromatic N) is 2. The van der Waals surface area contributed by atoms with Gasteiger partial charge in [0.15, 0.2) is 0 Å². The summed E-state index contributed by atoms with van der Waals surface area (Å²) in [4.78, 5) is 7.61. The second-order valence-corrected chi connectivity index (χ2v) is 4.56. The van der Waals surface area contributed by atoms with E-state index in [0.717, 1.165) is 0 Å². The Labute approximate surface area is 93.2 Å². The standard InChI is InChI=1S/C10H8N3O2S/c14-16(15,9-5-2-1-3-6-9)13-10-11-7-4-8-12-10/h1-5,7-8H,(H,11,12,13). The molecule has 16 heavy (non-hydrogen) atoms. The lowest BCUT2D eigenvalue weighted by Crippen LogP contribution is -2.14. The molecule has 6 heteroatoms. The molecule has 0 saturated carbocycles. The Bertz CT molecular complexity index is 555. The van der Waals surface area contributed by atoms with Crippen LogP contribution in [0.2, 0.25) is 0 Å². The smallest absolute Gasteiger partial charge is 0.247 e. The van der Waals surface area contributed by atoms with Gasteiger partial charge in [-0.05, 0) is 12.1 Å². The van der Waals surface area contributed by atoms with Crippen molar-refractivity contribution in [3.05, 3.63) is 48.8 Å². The van der Waals surface area contributed by atoms with Crippen LogP contribution in [0.5, 0.6) is 0 Å². The monoisotopic (exact) mass is 234 g/mol. The molecule has 1 aromatic heterocycles. The average molecular weight is 234 g/mol. The number of benzene rings is 1. The van der Waals surface area contributed by atoms with Crippen molar-refractivity contribution in [2.75, 3.05) is 4.72 Å². The molecule has 0 fully saturated rings. The van der Waals surface area contributed by atoms with E-state index >= 15 is 0 Å². The van der Waals surface area contributed by atoms with Crippen LogP contribution in [0.1, 0.15) is 0 Å². The Morgan fingerprint density at radius 3 is 2.50 bits per heavy atom. The average Bonchev–Trinajstić information content (AvgIpc) is 2.31. The van der Waals surface area contributed by atoms with Gasteiger partial charge in [0.25, 0.3) is 10.0 Å². The Hall–Kier alpha value is -1.95. The summed E-state index contributed by atoms with van der Waals surface area (Å²) >= 11 is 0. The molecule has 81 valence electrons. The molecule has 1 N–H and O–H groups in total. The van der Waals surface area contributed by atoms with Crippen molar-refractivity contribution in [1.82, 2.24) is 9.97 Å². The molecule has 2 aromatic rings. The van der Waals surface area contributed by atoms with E-state index in [0.29, 0.717) is 0 Å². The first-order chi connectivity index (χ1) is 7.68. The molecule has 2 rings (SSSR count). The number of anilines is 1. The first kappa shape index (κ1) is 10.6. The summed E-state index contributed by atoms with van der Waals surface area (Å²) in [5, 5.41) is 0. The van der Waals surface area contributed by atoms with Gasteiger partial charge < -0.3 is 0 Å². The number of hydrogen-bond donors (Lipinski definition) is 1. The third kappa shape index (κ3) is 2.34. The van der Waals surface area contributed by atoms with Crippen LogP contribution < -0.4 is 4.72 Å². The van der Waals surface area contributed by atoms with Gasteiger partial charge in [-0.15, -0.1) is 0 Å². The predicted octanol–water partition coefficient (Wildman–Crippen LogP) is 1.08. The largest absolute Gasteiger partial charge is 0.264 e. The maximum atomic E-state index is 11.8. The molecule has 0 aliphatic rings. The molecule has 0 bridgehead atoms. The van der Waals surface area contributed by atoms with Crippen LogP contribution in [-0.4, -0.2) is 18.4 Å². The van der Waals surface area contributed by atoms with E-state index in [1.54, 1.807) is 18.2 Å². The van der Waals surface area contributed by atoms with E-state index in [1.807, 2.05) is 0 Å². The molecule has 0 unspecified atom stereocenters. The summed E-state index contributed by atoms with van der Waals surface area (Å²) in [6, 6.07) is 10.5. The van der Waals surface area contributed by atoms with Crippen molar-refractivity contribution in [2.45, 2.75) is 4.90 Å². The Kier molecular flexibility index (Phi) is 2.82. The fraction of sp³-hybridized carbons (Fsp3) is 0. The van der Waals surface area contributed by atoms with Crippen molar-refractivity contribution < 1.29 is 8.42 Å². The fourth-order valence-electron chi connectivity index (χ4n) is 1.07. The summed E-state index contributed by atoms with van der Waals surface area (Å²) in [7, 11) is -3.64. The van der Waals surface area contributed by atoms with Gasteiger partial charge in [-0.2, -0.15) is 0 Å². The molecule has 0 spiro atoms. The molecule has 1 heterocycles. The molecule has 0 aliphatic carbocycles. The zero-order valence-corrected chi connectivity index (χ0v) is 8.98. The van der Waals surface area contributed by atoms with Crippen molar-refractivity contribution in [3.8, 4) is 0 Å². The van der Waals surface area contributed by atoms with Gasteiger partial charge in [-0.25, -0.2) is 23.1 Å². The fourth-order valence-corrected chi connectivity index (χ4v) is 2.01. The molecule has 0 saturated heterocycles. The maximum absolute atomic E-state index is 11.8. The quantitative estimate of drug-likeness (QED) is 0.862. The van der Waals surface area contributed by atoms with Gasteiger partial charge in [-0.1, -0.05) is 18.2 Å². The number of nitrogens with one attached hydrogen (secondary N) is 1. The normalized spacial score (nSPS) is 11.0. The molecule has 0 aliphatic heterocycles. The van der Waals surface area contributed by atoms with Crippen molar-refractivity contribution >= 4 is 16.0 Å². The zero-order chi connectivity index (χ0) is 11.4. The van der Waals surface area contributed by atoms with Gasteiger partial charge in [0, 0.05) is 18.5 Å². The van der Waals surface area contributed by atoms with Crippen LogP contribution in [0.25, 0.3) is 0 Å². The van der Waals surface area contributed by atoms with Crippen LogP contribution in [-0.2, 0) is 10.0 Å². The number of hydrogen-bond acceptors (Lipinski definition) is 4. The molecule has 1 aromatic carbocycles. The molecular weight excluding hydrogens is 226 g/mol. The van der Waals surface area contributed by atoms with Crippen LogP contribution in [0.4, 0.5) is 5.95 Å². The number of aromatic nitrogens is 2. The Morgan fingerprint density at radius 2 is 1.88 bits per heavy atom. The molecule has 0 amide bonds. The predicted molar refractivity (Wildman–Crippen MR) is 58.1 cm³/mol. The second-order valence-electron chi connectivity index (χ2n) is 2.90.